The summed E-state index contributed by atoms with van der Waals surface area (Å²) >= 11 is 13.3. The Bertz CT molecular complexity index is 1150. The fraction of sp³-hybridized carbons (Fsp3) is 0.105. The van der Waals surface area contributed by atoms with E-state index >= 15 is 0 Å². The molecule has 0 atom stereocenters. The van der Waals surface area contributed by atoms with Gasteiger partial charge in [0, 0.05) is 17.9 Å². The highest BCUT2D eigenvalue weighted by atomic mass is 35.5. The summed E-state index contributed by atoms with van der Waals surface area (Å²) in [6.07, 6.45) is 0.338. The topological polar surface area (TPSA) is 59.3 Å². The summed E-state index contributed by atoms with van der Waals surface area (Å²) in [4.78, 5) is 12.2. The van der Waals surface area contributed by atoms with Crippen LogP contribution in [-0.4, -0.2) is 26.3 Å². The van der Waals surface area contributed by atoms with Gasteiger partial charge in [0.15, 0.2) is 10.8 Å². The Hall–Kier alpha value is -2.28. The van der Waals surface area contributed by atoms with Crippen molar-refractivity contribution >= 4 is 63.1 Å². The Morgan fingerprint density at radius 1 is 1.04 bits per heavy atom. The third-order valence-electron chi connectivity index (χ3n) is 4.01. The minimum Gasteiger partial charge on any atom is -0.326 e. The molecule has 0 spiro atoms. The number of nitrogens with zero attached hydrogens (tertiary/aromatic N) is 3. The van der Waals surface area contributed by atoms with Crippen LogP contribution in [0.5, 0.6) is 0 Å². The number of aromatic nitrogens is 3. The molecule has 1 N–H and O–H groups in total. The molecule has 4 rings (SSSR count). The minimum atomic E-state index is -0.0976. The molecule has 2 aromatic heterocycles. The van der Waals surface area contributed by atoms with E-state index in [1.165, 1.54) is 11.8 Å². The van der Waals surface area contributed by atoms with Crippen molar-refractivity contribution in [3.05, 3.63) is 64.6 Å². The predicted octanol–water partition coefficient (Wildman–Crippen LogP) is 5.31. The van der Waals surface area contributed by atoms with Crippen LogP contribution in [0.25, 0.3) is 16.6 Å². The first kappa shape index (κ1) is 18.1. The summed E-state index contributed by atoms with van der Waals surface area (Å²) in [6.45, 7) is 0. The lowest BCUT2D eigenvalue weighted by Gasteiger charge is -2.07. The molecule has 0 unspecified atom stereocenters. The molecule has 5 nitrogen and oxygen atoms in total. The van der Waals surface area contributed by atoms with Gasteiger partial charge in [-0.1, -0.05) is 53.2 Å². The van der Waals surface area contributed by atoms with E-state index in [0.717, 1.165) is 21.7 Å². The average molecular weight is 417 g/mol. The van der Waals surface area contributed by atoms with Crippen molar-refractivity contribution in [1.82, 2.24) is 14.6 Å². The third-order valence-corrected chi connectivity index (χ3v) is 5.68. The van der Waals surface area contributed by atoms with Crippen LogP contribution in [0, 0.1) is 0 Å². The van der Waals surface area contributed by atoms with Crippen molar-refractivity contribution in [2.75, 3.05) is 11.1 Å². The first-order valence-corrected chi connectivity index (χ1v) is 9.96. The van der Waals surface area contributed by atoms with Crippen LogP contribution in [-0.2, 0) is 4.79 Å². The van der Waals surface area contributed by atoms with Gasteiger partial charge in [-0.3, -0.25) is 9.20 Å². The second-order valence-electron chi connectivity index (χ2n) is 5.84. The number of rotatable bonds is 5. The fourth-order valence-corrected chi connectivity index (χ4v) is 3.93. The van der Waals surface area contributed by atoms with Crippen LogP contribution in [0.2, 0.25) is 10.0 Å². The highest BCUT2D eigenvalue weighted by molar-refractivity contribution is 7.99. The molecular weight excluding hydrogens is 403 g/mol. The largest absolute Gasteiger partial charge is 0.326 e. The quantitative estimate of drug-likeness (QED) is 0.447. The number of amides is 1. The average Bonchev–Trinajstić information content (AvgIpc) is 3.08. The van der Waals surface area contributed by atoms with Crippen molar-refractivity contribution < 1.29 is 4.79 Å². The molecule has 0 aliphatic rings. The molecule has 0 bridgehead atoms. The van der Waals surface area contributed by atoms with Gasteiger partial charge in [0.05, 0.1) is 15.6 Å². The number of benzene rings is 2. The van der Waals surface area contributed by atoms with E-state index < -0.39 is 0 Å². The zero-order valence-corrected chi connectivity index (χ0v) is 16.4. The van der Waals surface area contributed by atoms with Gasteiger partial charge in [-0.15, -0.1) is 10.2 Å². The molecule has 0 fully saturated rings. The van der Waals surface area contributed by atoms with E-state index in [4.69, 9.17) is 23.2 Å². The van der Waals surface area contributed by atoms with Gasteiger partial charge >= 0.3 is 0 Å². The van der Waals surface area contributed by atoms with Crippen LogP contribution in [0.3, 0.4) is 0 Å². The van der Waals surface area contributed by atoms with Gasteiger partial charge in [-0.2, -0.15) is 0 Å². The predicted molar refractivity (Wildman–Crippen MR) is 111 cm³/mol. The lowest BCUT2D eigenvalue weighted by molar-refractivity contribution is -0.115. The maximum absolute atomic E-state index is 12.2. The number of thioether (sulfide) groups is 1. The van der Waals surface area contributed by atoms with Crippen molar-refractivity contribution in [2.45, 2.75) is 11.6 Å². The Labute approximate surface area is 169 Å². The molecule has 2 heterocycles. The third kappa shape index (κ3) is 3.88. The Balaban J connectivity index is 1.44. The number of fused-ring (bicyclic) bond motifs is 3. The number of carbonyl (C=O) groups is 1. The molecule has 136 valence electrons. The van der Waals surface area contributed by atoms with E-state index in [9.17, 15) is 4.79 Å². The Morgan fingerprint density at radius 2 is 1.89 bits per heavy atom. The van der Waals surface area contributed by atoms with Crippen molar-refractivity contribution in [3.63, 3.8) is 0 Å². The summed E-state index contributed by atoms with van der Waals surface area (Å²) in [5, 5.41) is 14.0. The van der Waals surface area contributed by atoms with E-state index in [-0.39, 0.29) is 5.91 Å². The lowest BCUT2D eigenvalue weighted by atomic mass is 10.2. The molecule has 0 aliphatic heterocycles. The summed E-state index contributed by atoms with van der Waals surface area (Å²) in [6, 6.07) is 17.0. The highest BCUT2D eigenvalue weighted by Gasteiger charge is 2.11. The van der Waals surface area contributed by atoms with Gasteiger partial charge in [0.25, 0.3) is 0 Å². The van der Waals surface area contributed by atoms with E-state index in [0.29, 0.717) is 27.9 Å². The molecular formula is C19H14Cl2N4OS. The van der Waals surface area contributed by atoms with E-state index in [2.05, 4.69) is 15.5 Å². The van der Waals surface area contributed by atoms with E-state index in [1.807, 2.05) is 40.8 Å². The van der Waals surface area contributed by atoms with Gasteiger partial charge in [-0.05, 0) is 41.8 Å². The number of carbonyl (C=O) groups excluding carboxylic acids is 1. The van der Waals surface area contributed by atoms with Gasteiger partial charge in [0.2, 0.25) is 5.91 Å². The first-order valence-electron chi connectivity index (χ1n) is 8.22. The molecule has 1 amide bonds. The number of nitrogens with one attached hydrogen (secondary N) is 1. The summed E-state index contributed by atoms with van der Waals surface area (Å²) < 4.78 is 2.01. The number of halogens is 2. The highest BCUT2D eigenvalue weighted by Crippen LogP contribution is 2.26. The SMILES string of the molecule is O=C(CCSc1nnc2ccc3ccccc3n12)Nc1ccc(Cl)c(Cl)c1. The zero-order chi connectivity index (χ0) is 18.8. The molecule has 27 heavy (non-hydrogen) atoms. The normalized spacial score (nSPS) is 11.2. The molecule has 0 saturated carbocycles. The van der Waals surface area contributed by atoms with Crippen LogP contribution < -0.4 is 5.32 Å². The maximum Gasteiger partial charge on any atom is 0.225 e. The molecule has 0 radical (unpaired) electrons. The number of hydrogen-bond acceptors (Lipinski definition) is 4. The number of para-hydroxylation sites is 1. The number of anilines is 1. The second-order valence-corrected chi connectivity index (χ2v) is 7.72. The molecule has 2 aromatic carbocycles. The monoisotopic (exact) mass is 416 g/mol. The van der Waals surface area contributed by atoms with Crippen molar-refractivity contribution in [2.24, 2.45) is 0 Å². The van der Waals surface area contributed by atoms with E-state index in [1.54, 1.807) is 18.2 Å². The maximum atomic E-state index is 12.2. The minimum absolute atomic E-state index is 0.0976. The first-order chi connectivity index (χ1) is 13.1. The standard InChI is InChI=1S/C19H14Cl2N4OS/c20-14-7-6-13(11-15(14)21)22-18(26)9-10-27-19-24-23-17-8-5-12-3-1-2-4-16(12)25(17)19/h1-8,11H,9-10H2,(H,22,26). The number of pyridine rings is 1. The molecule has 4 aromatic rings. The summed E-state index contributed by atoms with van der Waals surface area (Å²) in [5.41, 5.74) is 2.46. The van der Waals surface area contributed by atoms with Gasteiger partial charge < -0.3 is 5.32 Å². The van der Waals surface area contributed by atoms with Crippen LogP contribution in [0.1, 0.15) is 6.42 Å². The van der Waals surface area contributed by atoms with Crippen molar-refractivity contribution in [3.8, 4) is 0 Å². The molecule has 0 saturated heterocycles. The second kappa shape index (κ2) is 7.76. The van der Waals surface area contributed by atoms with Gasteiger partial charge in [0.1, 0.15) is 0 Å². The van der Waals surface area contributed by atoms with Crippen LogP contribution in [0.15, 0.2) is 59.8 Å². The Morgan fingerprint density at radius 3 is 2.74 bits per heavy atom. The molecule has 8 heteroatoms. The Kier molecular flexibility index (Phi) is 5.20. The zero-order valence-electron chi connectivity index (χ0n) is 14.0. The van der Waals surface area contributed by atoms with Gasteiger partial charge in [-0.25, -0.2) is 0 Å². The number of hydrogen-bond donors (Lipinski definition) is 1. The summed E-state index contributed by atoms with van der Waals surface area (Å²) in [7, 11) is 0. The summed E-state index contributed by atoms with van der Waals surface area (Å²) in [5.74, 6) is 0.483. The van der Waals surface area contributed by atoms with Crippen LogP contribution in [0.4, 0.5) is 5.69 Å². The van der Waals surface area contributed by atoms with Crippen LogP contribution >= 0.6 is 35.0 Å². The van der Waals surface area contributed by atoms with Crippen molar-refractivity contribution in [1.29, 1.82) is 0 Å². The lowest BCUT2D eigenvalue weighted by Crippen LogP contribution is -2.12. The molecule has 0 aliphatic carbocycles. The fourth-order valence-electron chi connectivity index (χ4n) is 2.74. The smallest absolute Gasteiger partial charge is 0.225 e.